The molecule has 4 rings (SSSR count). The molecule has 3 aromatic rings. The van der Waals surface area contributed by atoms with Gasteiger partial charge in [0.2, 0.25) is 0 Å². The number of anilines is 1. The summed E-state index contributed by atoms with van der Waals surface area (Å²) in [6.45, 7) is 0.461. The van der Waals surface area contributed by atoms with Crippen molar-refractivity contribution in [2.24, 2.45) is 0 Å². The second-order valence-electron chi connectivity index (χ2n) is 7.38. The van der Waals surface area contributed by atoms with Crippen molar-refractivity contribution in [3.8, 4) is 11.5 Å². The number of benzene rings is 3. The number of hydrogen-bond acceptors (Lipinski definition) is 9. The van der Waals surface area contributed by atoms with Gasteiger partial charge in [-0.1, -0.05) is 48.2 Å². The summed E-state index contributed by atoms with van der Waals surface area (Å²) in [6.07, 6.45) is 1.68. The number of nitro groups is 1. The maximum absolute atomic E-state index is 13.0. The van der Waals surface area contributed by atoms with Gasteiger partial charge in [0.05, 0.1) is 21.5 Å². The maximum Gasteiger partial charge on any atom is 0.270 e. The predicted octanol–water partition coefficient (Wildman–Crippen LogP) is 3.82. The van der Waals surface area contributed by atoms with E-state index in [0.29, 0.717) is 27.7 Å². The topological polar surface area (TPSA) is 122 Å². The highest BCUT2D eigenvalue weighted by atomic mass is 32.2. The summed E-state index contributed by atoms with van der Waals surface area (Å²) in [5.74, 6) is -0.644. The molecule has 1 aliphatic heterocycles. The lowest BCUT2D eigenvalue weighted by Crippen LogP contribution is -2.28. The van der Waals surface area contributed by atoms with E-state index in [0.717, 1.165) is 11.8 Å². The molecule has 0 bridgehead atoms. The molecule has 3 aromatic carbocycles. The smallest absolute Gasteiger partial charge is 0.270 e. The minimum absolute atomic E-state index is 0.0154. The van der Waals surface area contributed by atoms with Gasteiger partial charge < -0.3 is 19.4 Å². The SMILES string of the molecule is O=C([O-])c1cccc(N2C(=O)/C(=C/c3cccc(OCCOc4ccc([N+](=O)[O-])cc4)c3)SC2=S)c1. The van der Waals surface area contributed by atoms with Gasteiger partial charge in [0.15, 0.2) is 4.32 Å². The Kier molecular flexibility index (Phi) is 7.62. The number of ether oxygens (including phenoxy) is 2. The summed E-state index contributed by atoms with van der Waals surface area (Å²) >= 11 is 6.47. The number of nitrogens with zero attached hydrogens (tertiary/aromatic N) is 2. The number of carbonyl (C=O) groups excluding carboxylic acids is 2. The van der Waals surface area contributed by atoms with Crippen LogP contribution in [-0.4, -0.2) is 34.3 Å². The fourth-order valence-electron chi connectivity index (χ4n) is 3.29. The standard InChI is InChI=1S/C25H18N2O7S2/c28-23-22(36-25(35)26(23)19-5-2-4-17(15-19)24(29)30)14-16-3-1-6-21(13-16)34-12-11-33-20-9-7-18(8-10-20)27(31)32/h1-10,13-15H,11-12H2,(H,29,30)/p-1/b22-14-. The van der Waals surface area contributed by atoms with Crippen molar-refractivity contribution in [1.29, 1.82) is 0 Å². The Morgan fingerprint density at radius 1 is 1.00 bits per heavy atom. The number of nitro benzene ring substituents is 1. The predicted molar refractivity (Wildman–Crippen MR) is 137 cm³/mol. The number of carbonyl (C=O) groups is 2. The molecular formula is C25H17N2O7S2-. The molecule has 0 spiro atoms. The number of rotatable bonds is 9. The number of thiocarbonyl (C=S) groups is 1. The minimum Gasteiger partial charge on any atom is -0.545 e. The molecule has 1 aliphatic rings. The molecule has 0 atom stereocenters. The van der Waals surface area contributed by atoms with E-state index in [1.807, 2.05) is 6.07 Å². The fraction of sp³-hybridized carbons (Fsp3) is 0.0800. The van der Waals surface area contributed by atoms with Crippen LogP contribution in [0.5, 0.6) is 11.5 Å². The van der Waals surface area contributed by atoms with Gasteiger partial charge in [-0.15, -0.1) is 0 Å². The van der Waals surface area contributed by atoms with Crippen molar-refractivity contribution in [3.05, 3.63) is 98.9 Å². The number of hydrogen-bond donors (Lipinski definition) is 0. The zero-order valence-corrected chi connectivity index (χ0v) is 20.1. The molecule has 0 N–H and O–H groups in total. The monoisotopic (exact) mass is 521 g/mol. The molecular weight excluding hydrogens is 504 g/mol. The highest BCUT2D eigenvalue weighted by Gasteiger charge is 2.33. The zero-order valence-electron chi connectivity index (χ0n) is 18.5. The molecule has 0 unspecified atom stereocenters. The van der Waals surface area contributed by atoms with Gasteiger partial charge in [-0.2, -0.15) is 0 Å². The van der Waals surface area contributed by atoms with Crippen LogP contribution in [0, 0.1) is 10.1 Å². The third kappa shape index (κ3) is 5.88. The summed E-state index contributed by atoms with van der Waals surface area (Å²) in [4.78, 5) is 36.1. The molecule has 1 saturated heterocycles. The molecule has 1 fully saturated rings. The lowest BCUT2D eigenvalue weighted by molar-refractivity contribution is -0.384. The first kappa shape index (κ1) is 24.9. The number of non-ortho nitro benzene ring substituents is 1. The van der Waals surface area contributed by atoms with Crippen molar-refractivity contribution < 1.29 is 29.1 Å². The van der Waals surface area contributed by atoms with Crippen LogP contribution in [0.4, 0.5) is 11.4 Å². The molecule has 0 radical (unpaired) electrons. The normalized spacial score (nSPS) is 14.2. The first-order chi connectivity index (χ1) is 17.3. The summed E-state index contributed by atoms with van der Waals surface area (Å²) < 4.78 is 11.5. The third-order valence-electron chi connectivity index (χ3n) is 4.96. The second kappa shape index (κ2) is 11.0. The largest absolute Gasteiger partial charge is 0.545 e. The van der Waals surface area contributed by atoms with Gasteiger partial charge in [-0.25, -0.2) is 0 Å². The van der Waals surface area contributed by atoms with Gasteiger partial charge >= 0.3 is 0 Å². The van der Waals surface area contributed by atoms with E-state index < -0.39 is 10.9 Å². The van der Waals surface area contributed by atoms with Crippen LogP contribution in [-0.2, 0) is 4.79 Å². The zero-order chi connectivity index (χ0) is 25.7. The Morgan fingerprint density at radius 2 is 1.69 bits per heavy atom. The van der Waals surface area contributed by atoms with Crippen molar-refractivity contribution in [2.45, 2.75) is 0 Å². The first-order valence-corrected chi connectivity index (χ1v) is 11.7. The summed E-state index contributed by atoms with van der Waals surface area (Å²) in [5.41, 5.74) is 1.01. The Bertz CT molecular complexity index is 1370. The first-order valence-electron chi connectivity index (χ1n) is 10.5. The van der Waals surface area contributed by atoms with Crippen LogP contribution in [0.3, 0.4) is 0 Å². The highest BCUT2D eigenvalue weighted by molar-refractivity contribution is 8.27. The fourth-order valence-corrected chi connectivity index (χ4v) is 4.59. The Labute approximate surface area is 215 Å². The number of carboxylic acids is 1. The van der Waals surface area contributed by atoms with Crippen LogP contribution >= 0.6 is 24.0 Å². The van der Waals surface area contributed by atoms with Crippen LogP contribution in [0.25, 0.3) is 6.08 Å². The second-order valence-corrected chi connectivity index (χ2v) is 9.05. The van der Waals surface area contributed by atoms with Gasteiger partial charge in [0.1, 0.15) is 24.7 Å². The van der Waals surface area contributed by atoms with Crippen molar-refractivity contribution >= 4 is 57.6 Å². The molecule has 36 heavy (non-hydrogen) atoms. The minimum atomic E-state index is -1.34. The van der Waals surface area contributed by atoms with E-state index >= 15 is 0 Å². The molecule has 0 saturated carbocycles. The summed E-state index contributed by atoms with van der Waals surface area (Å²) in [6, 6.07) is 18.7. The van der Waals surface area contributed by atoms with E-state index in [4.69, 9.17) is 21.7 Å². The Morgan fingerprint density at radius 3 is 2.39 bits per heavy atom. The van der Waals surface area contributed by atoms with Crippen LogP contribution < -0.4 is 19.5 Å². The number of aromatic carboxylic acids is 1. The van der Waals surface area contributed by atoms with Crippen molar-refractivity contribution in [3.63, 3.8) is 0 Å². The highest BCUT2D eigenvalue weighted by Crippen LogP contribution is 2.36. The summed E-state index contributed by atoms with van der Waals surface area (Å²) in [5, 5.41) is 21.9. The number of carboxylic acid groups (broad SMARTS) is 1. The van der Waals surface area contributed by atoms with E-state index in [-0.39, 0.29) is 34.7 Å². The van der Waals surface area contributed by atoms with E-state index in [2.05, 4.69) is 0 Å². The Hall–Kier alpha value is -4.22. The van der Waals surface area contributed by atoms with Crippen LogP contribution in [0.15, 0.2) is 77.7 Å². The molecule has 11 heteroatoms. The molecule has 1 amide bonds. The third-order valence-corrected chi connectivity index (χ3v) is 6.26. The van der Waals surface area contributed by atoms with Gasteiger partial charge in [-0.05, 0) is 53.6 Å². The van der Waals surface area contributed by atoms with Gasteiger partial charge in [-0.3, -0.25) is 19.8 Å². The van der Waals surface area contributed by atoms with E-state index in [1.54, 1.807) is 30.3 Å². The molecule has 0 aliphatic carbocycles. The molecule has 1 heterocycles. The summed E-state index contributed by atoms with van der Waals surface area (Å²) in [7, 11) is 0. The quantitative estimate of drug-likeness (QED) is 0.136. The van der Waals surface area contributed by atoms with E-state index in [9.17, 15) is 24.8 Å². The number of amides is 1. The van der Waals surface area contributed by atoms with Gasteiger partial charge in [0, 0.05) is 12.1 Å². The molecule has 182 valence electrons. The molecule has 9 nitrogen and oxygen atoms in total. The van der Waals surface area contributed by atoms with Gasteiger partial charge in [0.25, 0.3) is 11.6 Å². The van der Waals surface area contributed by atoms with Crippen molar-refractivity contribution in [1.82, 2.24) is 0 Å². The average molecular weight is 522 g/mol. The van der Waals surface area contributed by atoms with Crippen molar-refractivity contribution in [2.75, 3.05) is 18.1 Å². The van der Waals surface area contributed by atoms with Crippen LogP contribution in [0.1, 0.15) is 15.9 Å². The average Bonchev–Trinajstić information content (AvgIpc) is 3.14. The lowest BCUT2D eigenvalue weighted by atomic mass is 10.1. The maximum atomic E-state index is 13.0. The Balaban J connectivity index is 1.38. The van der Waals surface area contributed by atoms with E-state index in [1.165, 1.54) is 47.4 Å². The molecule has 0 aromatic heterocycles. The van der Waals surface area contributed by atoms with Crippen LogP contribution in [0.2, 0.25) is 0 Å². The number of thioether (sulfide) groups is 1. The lowest BCUT2D eigenvalue weighted by Gasteiger charge is -2.15.